The van der Waals surface area contributed by atoms with Gasteiger partial charge in [-0.15, -0.1) is 0 Å². The number of hydrogen-bond acceptors (Lipinski definition) is 4. The van der Waals surface area contributed by atoms with Crippen molar-refractivity contribution in [1.82, 2.24) is 20.0 Å². The minimum atomic E-state index is -0.742. The zero-order chi connectivity index (χ0) is 17.5. The first-order valence-corrected chi connectivity index (χ1v) is 9.65. The topological polar surface area (TPSA) is 82.4 Å². The van der Waals surface area contributed by atoms with E-state index in [0.29, 0.717) is 12.2 Å². The van der Waals surface area contributed by atoms with Crippen LogP contribution in [-0.2, 0) is 6.54 Å². The molecule has 140 valence electrons. The van der Waals surface area contributed by atoms with Gasteiger partial charge < -0.3 is 20.6 Å². The molecule has 0 unspecified atom stereocenters. The summed E-state index contributed by atoms with van der Waals surface area (Å²) in [4.78, 5) is 14.5. The van der Waals surface area contributed by atoms with E-state index in [0.717, 1.165) is 38.8 Å². The minimum Gasteiger partial charge on any atom is -0.388 e. The minimum absolute atomic E-state index is 0.283. The van der Waals surface area contributed by atoms with Gasteiger partial charge in [-0.25, -0.2) is 4.79 Å². The predicted octanol–water partition coefficient (Wildman–Crippen LogP) is 2.19. The fraction of sp³-hybridized carbons (Fsp3) is 0.778. The summed E-state index contributed by atoms with van der Waals surface area (Å²) in [5.41, 5.74) is -0.0550. The Morgan fingerprint density at radius 2 is 1.84 bits per heavy atom. The van der Waals surface area contributed by atoms with Gasteiger partial charge in [0.2, 0.25) is 0 Å². The number of hydrogen-bond donors (Lipinski definition) is 3. The van der Waals surface area contributed by atoms with E-state index < -0.39 is 5.60 Å². The fourth-order valence-electron chi connectivity index (χ4n) is 3.78. The monoisotopic (exact) mass is 349 g/mol. The number of rotatable bonds is 6. The molecule has 7 heteroatoms. The van der Waals surface area contributed by atoms with Crippen LogP contribution in [-0.4, -0.2) is 57.6 Å². The summed E-state index contributed by atoms with van der Waals surface area (Å²) in [7, 11) is 0. The number of aliphatic hydroxyl groups is 1. The Balaban J connectivity index is 1.39. The molecule has 0 bridgehead atoms. The Morgan fingerprint density at radius 3 is 2.60 bits per heavy atom. The van der Waals surface area contributed by atoms with Crippen LogP contribution in [0.1, 0.15) is 51.4 Å². The number of aromatic nitrogens is 2. The van der Waals surface area contributed by atoms with E-state index in [2.05, 4.69) is 20.6 Å². The molecule has 2 amide bonds. The molecule has 25 heavy (non-hydrogen) atoms. The second-order valence-corrected chi connectivity index (χ2v) is 7.49. The summed E-state index contributed by atoms with van der Waals surface area (Å²) in [6.45, 7) is 4.50. The van der Waals surface area contributed by atoms with Crippen molar-refractivity contribution < 1.29 is 9.90 Å². The van der Waals surface area contributed by atoms with E-state index in [1.807, 2.05) is 10.9 Å². The summed E-state index contributed by atoms with van der Waals surface area (Å²) >= 11 is 0. The van der Waals surface area contributed by atoms with Crippen LogP contribution in [0.15, 0.2) is 12.4 Å². The van der Waals surface area contributed by atoms with Gasteiger partial charge in [-0.05, 0) is 38.8 Å². The standard InChI is InChI=1S/C18H31N5O2/c24-17(19-15-18(25)7-3-1-4-8-18)21-16-13-20-23(14-16)12-11-22-9-5-2-6-10-22/h13-14,25H,1-12,15H2,(H2,19,21,24). The molecule has 1 aromatic rings. The van der Waals surface area contributed by atoms with Crippen LogP contribution >= 0.6 is 0 Å². The molecule has 1 saturated heterocycles. The van der Waals surface area contributed by atoms with Crippen LogP contribution < -0.4 is 10.6 Å². The summed E-state index contributed by atoms with van der Waals surface area (Å²) < 4.78 is 1.87. The van der Waals surface area contributed by atoms with Crippen molar-refractivity contribution in [3.8, 4) is 0 Å². The maximum absolute atomic E-state index is 12.0. The highest BCUT2D eigenvalue weighted by molar-refractivity contribution is 5.88. The molecule has 7 nitrogen and oxygen atoms in total. The van der Waals surface area contributed by atoms with Crippen molar-refractivity contribution in [2.75, 3.05) is 31.5 Å². The molecule has 2 aliphatic rings. The van der Waals surface area contributed by atoms with Gasteiger partial charge in [0, 0.05) is 19.3 Å². The molecule has 0 radical (unpaired) electrons. The van der Waals surface area contributed by atoms with E-state index in [1.54, 1.807) is 6.20 Å². The van der Waals surface area contributed by atoms with Gasteiger partial charge in [-0.2, -0.15) is 5.10 Å². The molecule has 0 aromatic carbocycles. The molecular formula is C18H31N5O2. The third kappa shape index (κ3) is 5.71. The SMILES string of the molecule is O=C(NCC1(O)CCCCC1)Nc1cnn(CCN2CCCCC2)c1. The molecular weight excluding hydrogens is 318 g/mol. The van der Waals surface area contributed by atoms with Gasteiger partial charge in [-0.3, -0.25) is 4.68 Å². The number of likely N-dealkylation sites (tertiary alicyclic amines) is 1. The predicted molar refractivity (Wildman–Crippen MR) is 97.6 cm³/mol. The highest BCUT2D eigenvalue weighted by Crippen LogP contribution is 2.27. The van der Waals surface area contributed by atoms with Crippen LogP contribution in [0.4, 0.5) is 10.5 Å². The van der Waals surface area contributed by atoms with E-state index in [-0.39, 0.29) is 6.03 Å². The van der Waals surface area contributed by atoms with Crippen molar-refractivity contribution >= 4 is 11.7 Å². The lowest BCUT2D eigenvalue weighted by molar-refractivity contribution is 0.00755. The molecule has 0 spiro atoms. The first-order valence-electron chi connectivity index (χ1n) is 9.65. The van der Waals surface area contributed by atoms with Crippen molar-refractivity contribution in [3.63, 3.8) is 0 Å². The number of carbonyl (C=O) groups is 1. The average molecular weight is 349 g/mol. The largest absolute Gasteiger partial charge is 0.388 e. The quantitative estimate of drug-likeness (QED) is 0.735. The van der Waals surface area contributed by atoms with E-state index >= 15 is 0 Å². The summed E-state index contributed by atoms with van der Waals surface area (Å²) in [6.07, 6.45) is 12.2. The van der Waals surface area contributed by atoms with Crippen LogP contribution in [0.5, 0.6) is 0 Å². The molecule has 2 heterocycles. The molecule has 1 saturated carbocycles. The Hall–Kier alpha value is -1.60. The Bertz CT molecular complexity index is 547. The van der Waals surface area contributed by atoms with Crippen molar-refractivity contribution in [2.24, 2.45) is 0 Å². The first kappa shape index (κ1) is 18.2. The number of anilines is 1. The summed E-state index contributed by atoms with van der Waals surface area (Å²) in [6, 6.07) is -0.283. The molecule has 1 aromatic heterocycles. The zero-order valence-corrected chi connectivity index (χ0v) is 15.0. The molecule has 2 fully saturated rings. The van der Waals surface area contributed by atoms with Gasteiger partial charge in [-0.1, -0.05) is 25.7 Å². The second kappa shape index (κ2) is 8.67. The van der Waals surface area contributed by atoms with Crippen LogP contribution in [0.3, 0.4) is 0 Å². The summed E-state index contributed by atoms with van der Waals surface area (Å²) in [5, 5.41) is 20.3. The van der Waals surface area contributed by atoms with Crippen LogP contribution in [0, 0.1) is 0 Å². The number of nitrogens with zero attached hydrogens (tertiary/aromatic N) is 3. The van der Waals surface area contributed by atoms with Gasteiger partial charge in [0.25, 0.3) is 0 Å². The van der Waals surface area contributed by atoms with E-state index in [4.69, 9.17) is 0 Å². The lowest BCUT2D eigenvalue weighted by atomic mass is 9.85. The molecule has 3 rings (SSSR count). The summed E-state index contributed by atoms with van der Waals surface area (Å²) in [5.74, 6) is 0. The van der Waals surface area contributed by atoms with E-state index in [1.165, 1.54) is 38.8 Å². The smallest absolute Gasteiger partial charge is 0.319 e. The number of urea groups is 1. The highest BCUT2D eigenvalue weighted by Gasteiger charge is 2.29. The molecule has 1 aliphatic carbocycles. The average Bonchev–Trinajstić information content (AvgIpc) is 3.07. The lowest BCUT2D eigenvalue weighted by Crippen LogP contribution is -2.45. The molecule has 1 aliphatic heterocycles. The normalized spacial score (nSPS) is 21.0. The second-order valence-electron chi connectivity index (χ2n) is 7.49. The van der Waals surface area contributed by atoms with Gasteiger partial charge in [0.15, 0.2) is 0 Å². The maximum Gasteiger partial charge on any atom is 0.319 e. The molecule has 3 N–H and O–H groups in total. The van der Waals surface area contributed by atoms with Crippen molar-refractivity contribution in [1.29, 1.82) is 0 Å². The molecule has 0 atom stereocenters. The Labute approximate surface area is 149 Å². The number of amides is 2. The lowest BCUT2D eigenvalue weighted by Gasteiger charge is -2.32. The Morgan fingerprint density at radius 1 is 1.12 bits per heavy atom. The zero-order valence-electron chi connectivity index (χ0n) is 15.0. The fourth-order valence-corrected chi connectivity index (χ4v) is 3.78. The van der Waals surface area contributed by atoms with Gasteiger partial charge in [0.05, 0.1) is 24.0 Å². The highest BCUT2D eigenvalue weighted by atomic mass is 16.3. The van der Waals surface area contributed by atoms with E-state index in [9.17, 15) is 9.90 Å². The third-order valence-corrected chi connectivity index (χ3v) is 5.35. The number of nitrogens with one attached hydrogen (secondary N) is 2. The number of piperidine rings is 1. The van der Waals surface area contributed by atoms with Crippen molar-refractivity contribution in [2.45, 2.75) is 63.5 Å². The van der Waals surface area contributed by atoms with Gasteiger partial charge >= 0.3 is 6.03 Å². The first-order chi connectivity index (χ1) is 12.1. The maximum atomic E-state index is 12.0. The third-order valence-electron chi connectivity index (χ3n) is 5.35. The van der Waals surface area contributed by atoms with Crippen LogP contribution in [0.2, 0.25) is 0 Å². The number of carbonyl (C=O) groups excluding carboxylic acids is 1. The van der Waals surface area contributed by atoms with Crippen molar-refractivity contribution in [3.05, 3.63) is 12.4 Å². The van der Waals surface area contributed by atoms with Gasteiger partial charge in [0.1, 0.15) is 0 Å². The van der Waals surface area contributed by atoms with Crippen LogP contribution in [0.25, 0.3) is 0 Å². The Kier molecular flexibility index (Phi) is 6.31.